The summed E-state index contributed by atoms with van der Waals surface area (Å²) in [4.78, 5) is 4.37. The monoisotopic (exact) mass is 328 g/mol. The standard InChI is InChI=1S/C16H17FN6O/c1-10-12(8-20-23(10)2)7-18-16-21-14(9-19-22-16)11-4-5-15(24-3)13(17)6-11/h4-6,8-9H,7H2,1-3H3,(H,18,21,22). The first-order valence-corrected chi connectivity index (χ1v) is 7.33. The molecular weight excluding hydrogens is 311 g/mol. The number of nitrogens with one attached hydrogen (secondary N) is 1. The second-order valence-corrected chi connectivity index (χ2v) is 5.25. The summed E-state index contributed by atoms with van der Waals surface area (Å²) in [6, 6.07) is 4.64. The first-order chi connectivity index (χ1) is 11.6. The van der Waals surface area contributed by atoms with E-state index < -0.39 is 5.82 Å². The maximum Gasteiger partial charge on any atom is 0.243 e. The molecule has 0 aliphatic heterocycles. The molecule has 24 heavy (non-hydrogen) atoms. The van der Waals surface area contributed by atoms with Gasteiger partial charge in [0.05, 0.1) is 25.2 Å². The van der Waals surface area contributed by atoms with E-state index in [-0.39, 0.29) is 5.75 Å². The Bertz CT molecular complexity index is 864. The molecular formula is C16H17FN6O. The molecule has 0 saturated heterocycles. The SMILES string of the molecule is COc1ccc(-c2cnnc(NCc3cnn(C)c3C)n2)cc1F. The zero-order valence-electron chi connectivity index (χ0n) is 13.6. The third-order valence-electron chi connectivity index (χ3n) is 3.78. The smallest absolute Gasteiger partial charge is 0.243 e. The van der Waals surface area contributed by atoms with E-state index >= 15 is 0 Å². The van der Waals surface area contributed by atoms with Crippen molar-refractivity contribution in [2.75, 3.05) is 12.4 Å². The minimum Gasteiger partial charge on any atom is -0.494 e. The van der Waals surface area contributed by atoms with Crippen LogP contribution in [0.4, 0.5) is 10.3 Å². The molecule has 8 heteroatoms. The summed E-state index contributed by atoms with van der Waals surface area (Å²) in [6.07, 6.45) is 3.28. The molecule has 2 aromatic heterocycles. The number of nitrogens with zero attached hydrogens (tertiary/aromatic N) is 5. The number of hydrogen-bond acceptors (Lipinski definition) is 6. The van der Waals surface area contributed by atoms with Gasteiger partial charge in [-0.1, -0.05) is 0 Å². The number of methoxy groups -OCH3 is 1. The van der Waals surface area contributed by atoms with Crippen LogP contribution in [0.15, 0.2) is 30.6 Å². The highest BCUT2D eigenvalue weighted by molar-refractivity contribution is 5.60. The predicted octanol–water partition coefficient (Wildman–Crippen LogP) is 2.34. The summed E-state index contributed by atoms with van der Waals surface area (Å²) in [5.74, 6) is 0.104. The molecule has 124 valence electrons. The summed E-state index contributed by atoms with van der Waals surface area (Å²) < 4.78 is 20.6. The fraction of sp³-hybridized carbons (Fsp3) is 0.250. The molecule has 0 bridgehead atoms. The van der Waals surface area contributed by atoms with Crippen LogP contribution in [0.5, 0.6) is 5.75 Å². The van der Waals surface area contributed by atoms with Crippen molar-refractivity contribution < 1.29 is 9.13 Å². The number of anilines is 1. The Morgan fingerprint density at radius 1 is 1.29 bits per heavy atom. The zero-order valence-corrected chi connectivity index (χ0v) is 13.6. The molecule has 3 rings (SSSR count). The molecule has 1 aromatic carbocycles. The molecule has 0 unspecified atom stereocenters. The van der Waals surface area contributed by atoms with Crippen LogP contribution in [0.3, 0.4) is 0 Å². The molecule has 7 nitrogen and oxygen atoms in total. The van der Waals surface area contributed by atoms with Gasteiger partial charge in [0.2, 0.25) is 5.95 Å². The maximum atomic E-state index is 13.8. The number of aryl methyl sites for hydroxylation is 1. The second kappa shape index (κ2) is 6.61. The van der Waals surface area contributed by atoms with Crippen molar-refractivity contribution in [2.24, 2.45) is 7.05 Å². The molecule has 0 amide bonds. The van der Waals surface area contributed by atoms with Crippen molar-refractivity contribution >= 4 is 5.95 Å². The van der Waals surface area contributed by atoms with Crippen LogP contribution in [-0.4, -0.2) is 32.1 Å². The lowest BCUT2D eigenvalue weighted by Crippen LogP contribution is -2.06. The number of hydrogen-bond donors (Lipinski definition) is 1. The van der Waals surface area contributed by atoms with Crippen LogP contribution in [0.2, 0.25) is 0 Å². The third kappa shape index (κ3) is 3.17. The van der Waals surface area contributed by atoms with Crippen molar-refractivity contribution in [1.29, 1.82) is 0 Å². The summed E-state index contributed by atoms with van der Waals surface area (Å²) in [5, 5.41) is 15.2. The number of benzene rings is 1. The Balaban J connectivity index is 1.79. The van der Waals surface area contributed by atoms with Crippen molar-refractivity contribution in [1.82, 2.24) is 25.0 Å². The Labute approximate surface area is 138 Å². The summed E-state index contributed by atoms with van der Waals surface area (Å²) in [6.45, 7) is 2.52. The topological polar surface area (TPSA) is 77.8 Å². The Kier molecular flexibility index (Phi) is 4.37. The molecule has 2 heterocycles. The Hall–Kier alpha value is -3.03. The average molecular weight is 328 g/mol. The second-order valence-electron chi connectivity index (χ2n) is 5.25. The molecule has 0 spiro atoms. The van der Waals surface area contributed by atoms with Crippen LogP contribution in [0.25, 0.3) is 11.3 Å². The molecule has 0 aliphatic carbocycles. The zero-order chi connectivity index (χ0) is 17.1. The molecule has 0 fully saturated rings. The highest BCUT2D eigenvalue weighted by atomic mass is 19.1. The lowest BCUT2D eigenvalue weighted by molar-refractivity contribution is 0.386. The van der Waals surface area contributed by atoms with Gasteiger partial charge in [0.1, 0.15) is 0 Å². The fourth-order valence-corrected chi connectivity index (χ4v) is 2.24. The first kappa shape index (κ1) is 15.9. The van der Waals surface area contributed by atoms with Gasteiger partial charge < -0.3 is 10.1 Å². The van der Waals surface area contributed by atoms with Gasteiger partial charge in [-0.25, -0.2) is 9.37 Å². The molecule has 0 atom stereocenters. The number of aromatic nitrogens is 5. The van der Waals surface area contributed by atoms with Crippen LogP contribution in [0, 0.1) is 12.7 Å². The molecule has 0 radical (unpaired) electrons. The van der Waals surface area contributed by atoms with Crippen molar-refractivity contribution in [2.45, 2.75) is 13.5 Å². The van der Waals surface area contributed by atoms with Gasteiger partial charge in [-0.15, -0.1) is 5.10 Å². The van der Waals surface area contributed by atoms with E-state index in [1.54, 1.807) is 23.0 Å². The van der Waals surface area contributed by atoms with Gasteiger partial charge in [0.25, 0.3) is 0 Å². The van der Waals surface area contributed by atoms with E-state index in [2.05, 4.69) is 25.6 Å². The van der Waals surface area contributed by atoms with Gasteiger partial charge in [0, 0.05) is 30.4 Å². The van der Waals surface area contributed by atoms with E-state index in [1.165, 1.54) is 19.4 Å². The summed E-state index contributed by atoms with van der Waals surface area (Å²) in [7, 11) is 3.31. The molecule has 1 N–H and O–H groups in total. The van der Waals surface area contributed by atoms with E-state index in [4.69, 9.17) is 4.74 Å². The number of ether oxygens (including phenoxy) is 1. The van der Waals surface area contributed by atoms with Crippen LogP contribution in [0.1, 0.15) is 11.3 Å². The van der Waals surface area contributed by atoms with E-state index in [0.29, 0.717) is 23.8 Å². The number of rotatable bonds is 5. The number of halogens is 1. The van der Waals surface area contributed by atoms with Crippen molar-refractivity contribution in [3.05, 3.63) is 47.7 Å². The van der Waals surface area contributed by atoms with Gasteiger partial charge in [-0.05, 0) is 25.1 Å². The third-order valence-corrected chi connectivity index (χ3v) is 3.78. The lowest BCUT2D eigenvalue weighted by Gasteiger charge is -2.07. The fourth-order valence-electron chi connectivity index (χ4n) is 2.24. The van der Waals surface area contributed by atoms with Gasteiger partial charge in [-0.3, -0.25) is 4.68 Å². The largest absolute Gasteiger partial charge is 0.494 e. The minimum absolute atomic E-state index is 0.186. The normalized spacial score (nSPS) is 10.7. The van der Waals surface area contributed by atoms with E-state index in [9.17, 15) is 4.39 Å². The summed E-state index contributed by atoms with van der Waals surface area (Å²) in [5.41, 5.74) is 3.23. The van der Waals surface area contributed by atoms with Crippen molar-refractivity contribution in [3.8, 4) is 17.0 Å². The Morgan fingerprint density at radius 2 is 2.12 bits per heavy atom. The van der Waals surface area contributed by atoms with Crippen molar-refractivity contribution in [3.63, 3.8) is 0 Å². The van der Waals surface area contributed by atoms with Crippen LogP contribution >= 0.6 is 0 Å². The van der Waals surface area contributed by atoms with Crippen LogP contribution in [-0.2, 0) is 13.6 Å². The maximum absolute atomic E-state index is 13.8. The van der Waals surface area contributed by atoms with Gasteiger partial charge in [-0.2, -0.15) is 10.2 Å². The first-order valence-electron chi connectivity index (χ1n) is 7.33. The molecule has 0 saturated carbocycles. The quantitative estimate of drug-likeness (QED) is 0.774. The highest BCUT2D eigenvalue weighted by Crippen LogP contribution is 2.24. The minimum atomic E-state index is -0.450. The average Bonchev–Trinajstić information content (AvgIpc) is 2.92. The highest BCUT2D eigenvalue weighted by Gasteiger charge is 2.09. The Morgan fingerprint density at radius 3 is 2.79 bits per heavy atom. The predicted molar refractivity (Wildman–Crippen MR) is 87.0 cm³/mol. The lowest BCUT2D eigenvalue weighted by atomic mass is 10.1. The van der Waals surface area contributed by atoms with E-state index in [1.807, 2.05) is 14.0 Å². The van der Waals surface area contributed by atoms with Gasteiger partial charge >= 0.3 is 0 Å². The molecule has 0 aliphatic rings. The van der Waals surface area contributed by atoms with Gasteiger partial charge in [0.15, 0.2) is 11.6 Å². The van der Waals surface area contributed by atoms with Crippen LogP contribution < -0.4 is 10.1 Å². The summed E-state index contributed by atoms with van der Waals surface area (Å²) >= 11 is 0. The molecule has 3 aromatic rings. The van der Waals surface area contributed by atoms with E-state index in [0.717, 1.165) is 11.3 Å².